The van der Waals surface area contributed by atoms with Gasteiger partial charge in [0, 0.05) is 12.5 Å². The van der Waals surface area contributed by atoms with Crippen LogP contribution in [0.15, 0.2) is 0 Å². The van der Waals surface area contributed by atoms with Gasteiger partial charge >= 0.3 is 5.69 Å². The maximum absolute atomic E-state index is 11.5. The Balaban J connectivity index is 2.30. The van der Waals surface area contributed by atoms with Crippen LogP contribution in [0.1, 0.15) is 58.2 Å². The zero-order valence-corrected chi connectivity index (χ0v) is 13.3. The lowest BCUT2D eigenvalue weighted by atomic mass is 10.2. The summed E-state index contributed by atoms with van der Waals surface area (Å²) in [6.07, 6.45) is 6.76. The van der Waals surface area contributed by atoms with E-state index in [4.69, 9.17) is 4.74 Å². The zero-order valence-electron chi connectivity index (χ0n) is 13.3. The van der Waals surface area contributed by atoms with Gasteiger partial charge in [0.2, 0.25) is 5.82 Å². The van der Waals surface area contributed by atoms with Crippen molar-refractivity contribution < 1.29 is 9.66 Å². The van der Waals surface area contributed by atoms with Crippen molar-refractivity contribution in [3.63, 3.8) is 0 Å². The largest absolute Gasteiger partial charge is 0.473 e. The van der Waals surface area contributed by atoms with Crippen LogP contribution in [0.5, 0.6) is 5.88 Å². The van der Waals surface area contributed by atoms with Crippen molar-refractivity contribution in [2.75, 3.05) is 11.9 Å². The molecule has 0 aromatic carbocycles. The molecule has 1 aliphatic rings. The Labute approximate surface area is 130 Å². The number of nitrogens with zero attached hydrogens (tertiary/aromatic N) is 3. The molecule has 2 rings (SSSR count). The van der Waals surface area contributed by atoms with E-state index in [1.807, 2.05) is 13.8 Å². The average molecular weight is 308 g/mol. The van der Waals surface area contributed by atoms with Gasteiger partial charge in [0.25, 0.3) is 5.88 Å². The summed E-state index contributed by atoms with van der Waals surface area (Å²) in [5.41, 5.74) is -0.139. The quantitative estimate of drug-likeness (QED) is 0.449. The summed E-state index contributed by atoms with van der Waals surface area (Å²) in [4.78, 5) is 19.5. The van der Waals surface area contributed by atoms with E-state index >= 15 is 0 Å². The Kier molecular flexibility index (Phi) is 5.91. The molecule has 0 radical (unpaired) electrons. The first-order chi connectivity index (χ1) is 10.7. The van der Waals surface area contributed by atoms with Gasteiger partial charge in [-0.25, -0.2) is 4.98 Å². The van der Waals surface area contributed by atoms with Crippen LogP contribution in [0.4, 0.5) is 11.5 Å². The Morgan fingerprint density at radius 1 is 1.32 bits per heavy atom. The molecule has 0 amide bonds. The summed E-state index contributed by atoms with van der Waals surface area (Å²) in [7, 11) is 0. The van der Waals surface area contributed by atoms with Crippen molar-refractivity contribution in [3.8, 4) is 5.88 Å². The first-order valence-corrected chi connectivity index (χ1v) is 8.10. The third-order valence-corrected chi connectivity index (χ3v) is 3.83. The van der Waals surface area contributed by atoms with Crippen LogP contribution < -0.4 is 10.1 Å². The van der Waals surface area contributed by atoms with E-state index in [1.54, 1.807) is 0 Å². The minimum Gasteiger partial charge on any atom is -0.473 e. The third kappa shape index (κ3) is 4.05. The zero-order chi connectivity index (χ0) is 15.9. The smallest absolute Gasteiger partial charge is 0.372 e. The van der Waals surface area contributed by atoms with E-state index in [2.05, 4.69) is 15.3 Å². The Bertz CT molecular complexity index is 516. The standard InChI is InChI=1S/C15H24N4O3/c1-3-5-10-22-15-13(19(20)21)14(17-12(4-2)18-15)16-11-8-6-7-9-11/h11H,3-10H2,1-2H3,(H,16,17,18). The Morgan fingerprint density at radius 3 is 2.64 bits per heavy atom. The molecule has 0 bridgehead atoms. The predicted octanol–water partition coefficient (Wildman–Crippen LogP) is 3.48. The van der Waals surface area contributed by atoms with E-state index in [1.165, 1.54) is 0 Å². The predicted molar refractivity (Wildman–Crippen MR) is 84.3 cm³/mol. The van der Waals surface area contributed by atoms with Gasteiger partial charge in [0.05, 0.1) is 11.5 Å². The Hall–Kier alpha value is -1.92. The fraction of sp³-hybridized carbons (Fsp3) is 0.733. The van der Waals surface area contributed by atoms with Crippen molar-refractivity contribution in [3.05, 3.63) is 15.9 Å². The van der Waals surface area contributed by atoms with Crippen molar-refractivity contribution in [1.29, 1.82) is 0 Å². The van der Waals surface area contributed by atoms with E-state index in [-0.39, 0.29) is 17.6 Å². The van der Waals surface area contributed by atoms with Gasteiger partial charge in [0.1, 0.15) is 5.82 Å². The first-order valence-electron chi connectivity index (χ1n) is 8.10. The van der Waals surface area contributed by atoms with Crippen LogP contribution in [0.25, 0.3) is 0 Å². The van der Waals surface area contributed by atoms with E-state index in [0.717, 1.165) is 38.5 Å². The summed E-state index contributed by atoms with van der Waals surface area (Å²) in [5.74, 6) is 0.957. The summed E-state index contributed by atoms with van der Waals surface area (Å²) < 4.78 is 5.55. The van der Waals surface area contributed by atoms with Crippen LogP contribution in [-0.2, 0) is 6.42 Å². The topological polar surface area (TPSA) is 90.2 Å². The molecule has 0 saturated heterocycles. The molecule has 1 fully saturated rings. The minimum absolute atomic E-state index is 0.0887. The highest BCUT2D eigenvalue weighted by molar-refractivity contribution is 5.62. The summed E-state index contributed by atoms with van der Waals surface area (Å²) in [6.45, 7) is 4.40. The fourth-order valence-corrected chi connectivity index (χ4v) is 2.58. The molecule has 7 heteroatoms. The maximum Gasteiger partial charge on any atom is 0.372 e. The highest BCUT2D eigenvalue weighted by Crippen LogP contribution is 2.34. The highest BCUT2D eigenvalue weighted by atomic mass is 16.6. The van der Waals surface area contributed by atoms with Gasteiger partial charge in [-0.05, 0) is 19.3 Å². The number of nitro groups is 1. The summed E-state index contributed by atoms with van der Waals surface area (Å²) in [5, 5.41) is 14.7. The van der Waals surface area contributed by atoms with Gasteiger partial charge in [0.15, 0.2) is 0 Å². The number of rotatable bonds is 8. The monoisotopic (exact) mass is 308 g/mol. The number of nitrogens with one attached hydrogen (secondary N) is 1. The van der Waals surface area contributed by atoms with Crippen LogP contribution in [0.3, 0.4) is 0 Å². The SMILES string of the molecule is CCCCOc1nc(CC)nc(NC2CCCC2)c1[N+](=O)[O-]. The normalized spacial score (nSPS) is 15.0. The fourth-order valence-electron chi connectivity index (χ4n) is 2.58. The summed E-state index contributed by atoms with van der Waals surface area (Å²) >= 11 is 0. The van der Waals surface area contributed by atoms with Crippen molar-refractivity contribution in [2.24, 2.45) is 0 Å². The number of aromatic nitrogens is 2. The van der Waals surface area contributed by atoms with E-state index < -0.39 is 4.92 Å². The molecule has 122 valence electrons. The Morgan fingerprint density at radius 2 is 2.05 bits per heavy atom. The lowest BCUT2D eigenvalue weighted by Gasteiger charge is -2.15. The van der Waals surface area contributed by atoms with Gasteiger partial charge in [-0.1, -0.05) is 33.1 Å². The molecule has 1 N–H and O–H groups in total. The van der Waals surface area contributed by atoms with Gasteiger partial charge in [-0.2, -0.15) is 4.98 Å². The molecule has 0 atom stereocenters. The molecule has 0 spiro atoms. The van der Waals surface area contributed by atoms with E-state index in [9.17, 15) is 10.1 Å². The molecule has 7 nitrogen and oxygen atoms in total. The van der Waals surface area contributed by atoms with Crippen LogP contribution >= 0.6 is 0 Å². The van der Waals surface area contributed by atoms with Gasteiger partial charge in [-0.15, -0.1) is 0 Å². The molecule has 1 aromatic rings. The molecule has 1 saturated carbocycles. The molecule has 0 unspecified atom stereocenters. The number of ether oxygens (including phenoxy) is 1. The number of unbranched alkanes of at least 4 members (excludes halogenated alkanes) is 1. The second-order valence-electron chi connectivity index (χ2n) is 5.58. The number of hydrogen-bond donors (Lipinski definition) is 1. The van der Waals surface area contributed by atoms with Crippen LogP contribution in [0, 0.1) is 10.1 Å². The average Bonchev–Trinajstić information content (AvgIpc) is 2.99. The second-order valence-corrected chi connectivity index (χ2v) is 5.58. The maximum atomic E-state index is 11.5. The molecule has 1 heterocycles. The number of hydrogen-bond acceptors (Lipinski definition) is 6. The van der Waals surface area contributed by atoms with Crippen molar-refractivity contribution in [2.45, 2.75) is 64.8 Å². The number of aryl methyl sites for hydroxylation is 1. The van der Waals surface area contributed by atoms with Crippen molar-refractivity contribution >= 4 is 11.5 Å². The molecular weight excluding hydrogens is 284 g/mol. The van der Waals surface area contributed by atoms with Gasteiger partial charge in [-0.3, -0.25) is 10.1 Å². The van der Waals surface area contributed by atoms with Crippen LogP contribution in [0.2, 0.25) is 0 Å². The highest BCUT2D eigenvalue weighted by Gasteiger charge is 2.28. The van der Waals surface area contributed by atoms with Crippen LogP contribution in [-0.4, -0.2) is 27.5 Å². The second kappa shape index (κ2) is 7.91. The minimum atomic E-state index is -0.446. The first kappa shape index (κ1) is 16.5. The third-order valence-electron chi connectivity index (χ3n) is 3.83. The molecule has 1 aromatic heterocycles. The van der Waals surface area contributed by atoms with Crippen molar-refractivity contribution in [1.82, 2.24) is 9.97 Å². The molecular formula is C15H24N4O3. The molecule has 1 aliphatic carbocycles. The van der Waals surface area contributed by atoms with Gasteiger partial charge < -0.3 is 10.1 Å². The molecule has 0 aliphatic heterocycles. The summed E-state index contributed by atoms with van der Waals surface area (Å²) in [6, 6.07) is 0.252. The lowest BCUT2D eigenvalue weighted by Crippen LogP contribution is -2.18. The lowest BCUT2D eigenvalue weighted by molar-refractivity contribution is -0.385. The van der Waals surface area contributed by atoms with E-state index in [0.29, 0.717) is 24.7 Å². The molecule has 22 heavy (non-hydrogen) atoms. The number of anilines is 1.